The number of rotatable bonds is 5. The highest BCUT2D eigenvalue weighted by molar-refractivity contribution is 8.19. The van der Waals surface area contributed by atoms with Crippen LogP contribution in [0.4, 0.5) is 0 Å². The van der Waals surface area contributed by atoms with Crippen LogP contribution in [0.2, 0.25) is 10.0 Å². The average Bonchev–Trinajstić information content (AvgIpc) is 2.99. The molecule has 1 aliphatic rings. The van der Waals surface area contributed by atoms with Crippen molar-refractivity contribution < 1.29 is 0 Å². The van der Waals surface area contributed by atoms with Crippen molar-refractivity contribution in [3.05, 3.63) is 52.5 Å². The Morgan fingerprint density at radius 2 is 2.26 bits per heavy atom. The SMILES string of the molecule is CC1CCSC(CCc2ccc(Cl)cc2Cl)(Cn2ccnc2)S1. The molecule has 0 aliphatic carbocycles. The molecule has 2 atom stereocenters. The summed E-state index contributed by atoms with van der Waals surface area (Å²) in [7, 11) is 0. The van der Waals surface area contributed by atoms with Gasteiger partial charge in [0.1, 0.15) is 0 Å². The van der Waals surface area contributed by atoms with Gasteiger partial charge < -0.3 is 4.57 Å². The third-order valence-corrected chi connectivity index (χ3v) is 8.01. The van der Waals surface area contributed by atoms with Crippen LogP contribution in [0.5, 0.6) is 0 Å². The van der Waals surface area contributed by atoms with E-state index < -0.39 is 0 Å². The van der Waals surface area contributed by atoms with Gasteiger partial charge in [-0.15, -0.1) is 23.5 Å². The first-order chi connectivity index (χ1) is 11.1. The lowest BCUT2D eigenvalue weighted by molar-refractivity contribution is 0.581. The Labute approximate surface area is 156 Å². The maximum absolute atomic E-state index is 6.35. The molecule has 3 rings (SSSR count). The lowest BCUT2D eigenvalue weighted by atomic mass is 10.1. The van der Waals surface area contributed by atoms with Gasteiger partial charge >= 0.3 is 0 Å². The molecular weight excluding hydrogens is 367 g/mol. The van der Waals surface area contributed by atoms with Gasteiger partial charge in [-0.3, -0.25) is 0 Å². The van der Waals surface area contributed by atoms with Crippen LogP contribution in [0, 0.1) is 0 Å². The second-order valence-electron chi connectivity index (χ2n) is 5.95. The molecule has 6 heteroatoms. The third kappa shape index (κ3) is 4.62. The Hall–Kier alpha value is -0.290. The largest absolute Gasteiger partial charge is 0.335 e. The Morgan fingerprint density at radius 1 is 1.39 bits per heavy atom. The first-order valence-corrected chi connectivity index (χ1v) is 10.4. The van der Waals surface area contributed by atoms with E-state index in [1.54, 1.807) is 0 Å². The summed E-state index contributed by atoms with van der Waals surface area (Å²) in [6.07, 6.45) is 9.16. The highest BCUT2D eigenvalue weighted by Crippen LogP contribution is 2.49. The number of thioether (sulfide) groups is 2. The standard InChI is InChI=1S/C17H20Cl2N2S2/c1-13-5-9-22-17(23-13,11-21-8-7-20-12-21)6-4-14-2-3-15(18)10-16(14)19/h2-3,7-8,10,12-13H,4-6,9,11H2,1H3. The topological polar surface area (TPSA) is 17.8 Å². The summed E-state index contributed by atoms with van der Waals surface area (Å²) < 4.78 is 2.38. The van der Waals surface area contributed by atoms with E-state index in [0.29, 0.717) is 10.3 Å². The minimum absolute atomic E-state index is 0.182. The van der Waals surface area contributed by atoms with E-state index in [-0.39, 0.29) is 4.08 Å². The molecule has 2 unspecified atom stereocenters. The van der Waals surface area contributed by atoms with Gasteiger partial charge in [0.2, 0.25) is 0 Å². The van der Waals surface area contributed by atoms with Gasteiger partial charge in [-0.05, 0) is 42.7 Å². The summed E-state index contributed by atoms with van der Waals surface area (Å²) in [5, 5.41) is 2.16. The van der Waals surface area contributed by atoms with Crippen molar-refractivity contribution in [3.63, 3.8) is 0 Å². The van der Waals surface area contributed by atoms with Crippen LogP contribution in [0.25, 0.3) is 0 Å². The van der Waals surface area contributed by atoms with E-state index in [4.69, 9.17) is 23.2 Å². The Kier molecular flexibility index (Phi) is 5.89. The van der Waals surface area contributed by atoms with Crippen LogP contribution < -0.4 is 0 Å². The van der Waals surface area contributed by atoms with E-state index in [9.17, 15) is 0 Å². The van der Waals surface area contributed by atoms with Gasteiger partial charge in [0, 0.05) is 34.2 Å². The first kappa shape index (κ1) is 17.5. The number of nitrogens with zero attached hydrogens (tertiary/aromatic N) is 2. The molecule has 0 spiro atoms. The fourth-order valence-corrected chi connectivity index (χ4v) is 7.28. The lowest BCUT2D eigenvalue weighted by Crippen LogP contribution is -2.33. The van der Waals surface area contributed by atoms with Gasteiger partial charge in [0.05, 0.1) is 10.4 Å². The second kappa shape index (κ2) is 7.73. The monoisotopic (exact) mass is 386 g/mol. The molecule has 0 saturated carbocycles. The summed E-state index contributed by atoms with van der Waals surface area (Å²) in [5.74, 6) is 1.22. The van der Waals surface area contributed by atoms with E-state index in [0.717, 1.165) is 24.4 Å². The Balaban J connectivity index is 1.75. The van der Waals surface area contributed by atoms with E-state index >= 15 is 0 Å². The van der Waals surface area contributed by atoms with Gasteiger partial charge in [-0.2, -0.15) is 0 Å². The van der Waals surface area contributed by atoms with Gasteiger partial charge in [0.15, 0.2) is 0 Å². The van der Waals surface area contributed by atoms with Crippen molar-refractivity contribution >= 4 is 46.7 Å². The summed E-state index contributed by atoms with van der Waals surface area (Å²) in [5.41, 5.74) is 1.18. The maximum Gasteiger partial charge on any atom is 0.0946 e. The molecule has 1 fully saturated rings. The Bertz CT molecular complexity index is 648. The van der Waals surface area contributed by atoms with Crippen molar-refractivity contribution in [2.24, 2.45) is 0 Å². The molecule has 1 aromatic heterocycles. The molecule has 0 N–H and O–H groups in total. The number of benzene rings is 1. The number of hydrogen-bond acceptors (Lipinski definition) is 3. The summed E-state index contributed by atoms with van der Waals surface area (Å²) >= 11 is 16.5. The minimum atomic E-state index is 0.182. The van der Waals surface area contributed by atoms with Crippen LogP contribution in [0.15, 0.2) is 36.9 Å². The van der Waals surface area contributed by atoms with Gasteiger partial charge in [-0.25, -0.2) is 4.98 Å². The van der Waals surface area contributed by atoms with Gasteiger partial charge in [-0.1, -0.05) is 36.2 Å². The zero-order valence-corrected chi connectivity index (χ0v) is 16.2. The number of hydrogen-bond donors (Lipinski definition) is 0. The molecule has 0 bridgehead atoms. The summed E-state index contributed by atoms with van der Waals surface area (Å²) in [6.45, 7) is 3.32. The summed E-state index contributed by atoms with van der Waals surface area (Å²) in [4.78, 5) is 4.19. The number of halogens is 2. The number of aryl methyl sites for hydroxylation is 1. The molecule has 2 nitrogen and oxygen atoms in total. The molecule has 23 heavy (non-hydrogen) atoms. The van der Waals surface area contributed by atoms with E-state index in [2.05, 4.69) is 52.3 Å². The molecule has 1 aromatic carbocycles. The van der Waals surface area contributed by atoms with Crippen molar-refractivity contribution in [1.82, 2.24) is 9.55 Å². The molecule has 1 saturated heterocycles. The molecule has 2 heterocycles. The van der Waals surface area contributed by atoms with E-state index in [1.165, 1.54) is 17.7 Å². The quantitative estimate of drug-likeness (QED) is 0.648. The molecular formula is C17H20Cl2N2S2. The zero-order chi connectivity index (χ0) is 16.3. The summed E-state index contributed by atoms with van der Waals surface area (Å²) in [6, 6.07) is 5.82. The highest BCUT2D eigenvalue weighted by atomic mass is 35.5. The van der Waals surface area contributed by atoms with Crippen LogP contribution in [0.3, 0.4) is 0 Å². The normalized spacial score (nSPS) is 24.7. The predicted octanol–water partition coefficient (Wildman–Crippen LogP) is 5.78. The van der Waals surface area contributed by atoms with Crippen LogP contribution in [0.1, 0.15) is 25.3 Å². The maximum atomic E-state index is 6.35. The van der Waals surface area contributed by atoms with Crippen molar-refractivity contribution in [2.45, 2.75) is 42.1 Å². The predicted molar refractivity (Wildman–Crippen MR) is 104 cm³/mol. The fraction of sp³-hybridized carbons (Fsp3) is 0.471. The van der Waals surface area contributed by atoms with Gasteiger partial charge in [0.25, 0.3) is 0 Å². The smallest absolute Gasteiger partial charge is 0.0946 e. The third-order valence-electron chi connectivity index (χ3n) is 4.08. The van der Waals surface area contributed by atoms with Crippen molar-refractivity contribution in [1.29, 1.82) is 0 Å². The van der Waals surface area contributed by atoms with Crippen molar-refractivity contribution in [3.8, 4) is 0 Å². The van der Waals surface area contributed by atoms with Crippen LogP contribution in [-0.4, -0.2) is 24.6 Å². The second-order valence-corrected chi connectivity index (χ2v) is 10.3. The molecule has 2 aromatic rings. The zero-order valence-electron chi connectivity index (χ0n) is 13.0. The highest BCUT2D eigenvalue weighted by Gasteiger charge is 2.36. The number of aromatic nitrogens is 2. The number of imidazole rings is 1. The molecule has 124 valence electrons. The Morgan fingerprint density at radius 3 is 2.96 bits per heavy atom. The van der Waals surface area contributed by atoms with Crippen molar-refractivity contribution in [2.75, 3.05) is 5.75 Å². The minimum Gasteiger partial charge on any atom is -0.335 e. The molecule has 0 radical (unpaired) electrons. The van der Waals surface area contributed by atoms with Crippen LogP contribution in [-0.2, 0) is 13.0 Å². The fourth-order valence-electron chi connectivity index (χ4n) is 2.87. The van der Waals surface area contributed by atoms with E-state index in [1.807, 2.05) is 24.7 Å². The van der Waals surface area contributed by atoms with Crippen LogP contribution >= 0.6 is 46.7 Å². The molecule has 1 aliphatic heterocycles. The lowest BCUT2D eigenvalue weighted by Gasteiger charge is -2.39. The first-order valence-electron chi connectivity index (χ1n) is 7.78. The average molecular weight is 387 g/mol. The molecule has 0 amide bonds.